The molecule has 0 spiro atoms. The van der Waals surface area contributed by atoms with Gasteiger partial charge in [-0.05, 0) is 29.8 Å². The van der Waals surface area contributed by atoms with Crippen LogP contribution in [0.3, 0.4) is 0 Å². The smallest absolute Gasteiger partial charge is 0.0609 e. The average molecular weight is 314 g/mol. The zero-order valence-electron chi connectivity index (χ0n) is 9.91. The Labute approximate surface area is 127 Å². The van der Waals surface area contributed by atoms with E-state index in [0.29, 0.717) is 21.6 Å². The Balaban J connectivity index is 1.97. The van der Waals surface area contributed by atoms with Crippen molar-refractivity contribution >= 4 is 41.0 Å². The molecule has 0 saturated heterocycles. The minimum Gasteiger partial charge on any atom is -0.306 e. The lowest BCUT2D eigenvalue weighted by molar-refractivity contribution is 0.748. The van der Waals surface area contributed by atoms with Crippen LogP contribution in [0.5, 0.6) is 0 Å². The molecule has 2 aromatic carbocycles. The van der Waals surface area contributed by atoms with E-state index in [4.69, 9.17) is 34.8 Å². The minimum atomic E-state index is 0.468. The van der Waals surface area contributed by atoms with Gasteiger partial charge in [-0.25, -0.2) is 0 Å². The topological polar surface area (TPSA) is 24.4 Å². The fourth-order valence-electron chi connectivity index (χ4n) is 1.53. The summed E-state index contributed by atoms with van der Waals surface area (Å²) < 4.78 is 0. The lowest BCUT2D eigenvalue weighted by Crippen LogP contribution is -2.06. The summed E-state index contributed by atoms with van der Waals surface area (Å²) in [5.41, 5.74) is 4.66. The summed E-state index contributed by atoms with van der Waals surface area (Å²) in [5, 5.41) is 6.03. The number of rotatable bonds is 4. The molecule has 98 valence electrons. The molecule has 0 atom stereocenters. The van der Waals surface area contributed by atoms with E-state index in [1.165, 1.54) is 0 Å². The molecule has 0 heterocycles. The van der Waals surface area contributed by atoms with Crippen LogP contribution in [0, 0.1) is 0 Å². The van der Waals surface area contributed by atoms with Gasteiger partial charge in [-0.15, -0.1) is 0 Å². The summed E-state index contributed by atoms with van der Waals surface area (Å²) in [6.07, 6.45) is 1.69. The Morgan fingerprint density at radius 2 is 1.68 bits per heavy atom. The van der Waals surface area contributed by atoms with Crippen LogP contribution in [0.25, 0.3) is 0 Å². The first-order valence-electron chi connectivity index (χ1n) is 5.61. The van der Waals surface area contributed by atoms with Gasteiger partial charge in [0.15, 0.2) is 0 Å². The van der Waals surface area contributed by atoms with Crippen LogP contribution < -0.4 is 5.43 Å². The Kier molecular flexibility index (Phi) is 5.08. The summed E-state index contributed by atoms with van der Waals surface area (Å²) in [5.74, 6) is 0. The van der Waals surface area contributed by atoms with E-state index in [1.54, 1.807) is 18.3 Å². The normalized spacial score (nSPS) is 10.9. The van der Waals surface area contributed by atoms with Crippen LogP contribution in [0.4, 0.5) is 0 Å². The molecule has 0 aliphatic carbocycles. The third-order valence-corrected chi connectivity index (χ3v) is 3.41. The van der Waals surface area contributed by atoms with Gasteiger partial charge in [0, 0.05) is 20.6 Å². The van der Waals surface area contributed by atoms with Crippen LogP contribution in [0.2, 0.25) is 15.1 Å². The summed E-state index contributed by atoms with van der Waals surface area (Å²) in [4.78, 5) is 0. The first-order chi connectivity index (χ1) is 9.16. The largest absolute Gasteiger partial charge is 0.306 e. The van der Waals surface area contributed by atoms with Crippen LogP contribution in [-0.4, -0.2) is 6.21 Å². The summed E-state index contributed by atoms with van der Waals surface area (Å²) >= 11 is 18.0. The fraction of sp³-hybridized carbons (Fsp3) is 0.0714. The lowest BCUT2D eigenvalue weighted by Gasteiger charge is -2.05. The molecule has 0 bridgehead atoms. The number of hydrogen-bond acceptors (Lipinski definition) is 2. The van der Waals surface area contributed by atoms with Gasteiger partial charge in [0.05, 0.1) is 12.8 Å². The van der Waals surface area contributed by atoms with E-state index < -0.39 is 0 Å². The summed E-state index contributed by atoms with van der Waals surface area (Å²) in [6, 6.07) is 12.8. The van der Waals surface area contributed by atoms with Crippen molar-refractivity contribution in [1.29, 1.82) is 0 Å². The lowest BCUT2D eigenvalue weighted by atomic mass is 10.2. The second kappa shape index (κ2) is 6.80. The molecular weight excluding hydrogens is 303 g/mol. The van der Waals surface area contributed by atoms with Crippen LogP contribution in [-0.2, 0) is 6.54 Å². The molecule has 0 saturated carbocycles. The van der Waals surface area contributed by atoms with Crippen molar-refractivity contribution in [3.05, 3.63) is 68.7 Å². The van der Waals surface area contributed by atoms with Gasteiger partial charge in [-0.3, -0.25) is 0 Å². The quantitative estimate of drug-likeness (QED) is 0.638. The van der Waals surface area contributed by atoms with Crippen molar-refractivity contribution in [3.8, 4) is 0 Å². The maximum Gasteiger partial charge on any atom is 0.0609 e. The highest BCUT2D eigenvalue weighted by atomic mass is 35.5. The standard InChI is InChI=1S/C14H11Cl3N2/c15-11-4-1-3-10(7-11)8-18-19-9-12-13(16)5-2-6-14(12)17/h1-8,19H,9H2/b18-8-. The van der Waals surface area contributed by atoms with Gasteiger partial charge in [0.25, 0.3) is 0 Å². The molecule has 2 rings (SSSR count). The molecule has 1 N–H and O–H groups in total. The summed E-state index contributed by atoms with van der Waals surface area (Å²) in [7, 11) is 0. The third-order valence-electron chi connectivity index (χ3n) is 2.47. The Morgan fingerprint density at radius 1 is 1.00 bits per heavy atom. The second-order valence-corrected chi connectivity index (χ2v) is 5.10. The number of nitrogens with one attached hydrogen (secondary N) is 1. The summed E-state index contributed by atoms with van der Waals surface area (Å²) in [6.45, 7) is 0.468. The molecule has 0 amide bonds. The van der Waals surface area contributed by atoms with E-state index in [0.717, 1.165) is 11.1 Å². The van der Waals surface area contributed by atoms with Gasteiger partial charge in [0.1, 0.15) is 0 Å². The highest BCUT2D eigenvalue weighted by Crippen LogP contribution is 2.23. The highest BCUT2D eigenvalue weighted by molar-refractivity contribution is 6.36. The Bertz CT molecular complexity index is 577. The number of nitrogens with zero attached hydrogens (tertiary/aromatic N) is 1. The van der Waals surface area contributed by atoms with Gasteiger partial charge in [-0.2, -0.15) is 5.10 Å². The molecule has 19 heavy (non-hydrogen) atoms. The first kappa shape index (κ1) is 14.2. The zero-order chi connectivity index (χ0) is 13.7. The van der Waals surface area contributed by atoms with Gasteiger partial charge >= 0.3 is 0 Å². The van der Waals surface area contributed by atoms with Crippen LogP contribution in [0.15, 0.2) is 47.6 Å². The average Bonchev–Trinajstić information content (AvgIpc) is 2.37. The van der Waals surface area contributed by atoms with Gasteiger partial charge < -0.3 is 5.43 Å². The van der Waals surface area contributed by atoms with E-state index in [1.807, 2.05) is 30.3 Å². The van der Waals surface area contributed by atoms with E-state index in [-0.39, 0.29) is 0 Å². The van der Waals surface area contributed by atoms with Gasteiger partial charge in [0.2, 0.25) is 0 Å². The van der Waals surface area contributed by atoms with Crippen molar-refractivity contribution in [2.24, 2.45) is 5.10 Å². The molecule has 0 aliphatic rings. The molecule has 2 aromatic rings. The number of hydrazone groups is 1. The molecule has 0 aromatic heterocycles. The minimum absolute atomic E-state index is 0.468. The molecule has 0 radical (unpaired) electrons. The zero-order valence-corrected chi connectivity index (χ0v) is 12.2. The van der Waals surface area contributed by atoms with E-state index in [2.05, 4.69) is 10.5 Å². The molecule has 5 heteroatoms. The maximum absolute atomic E-state index is 6.05. The molecule has 0 fully saturated rings. The van der Waals surface area contributed by atoms with Crippen molar-refractivity contribution < 1.29 is 0 Å². The van der Waals surface area contributed by atoms with Crippen LogP contribution >= 0.6 is 34.8 Å². The number of hydrogen-bond donors (Lipinski definition) is 1. The Hall–Kier alpha value is -1.22. The number of benzene rings is 2. The SMILES string of the molecule is Clc1cccc(/C=N\NCc2c(Cl)cccc2Cl)c1. The van der Waals surface area contributed by atoms with Crippen molar-refractivity contribution in [2.75, 3.05) is 0 Å². The molecular formula is C14H11Cl3N2. The highest BCUT2D eigenvalue weighted by Gasteiger charge is 2.03. The molecule has 0 aliphatic heterocycles. The molecule has 0 unspecified atom stereocenters. The first-order valence-corrected chi connectivity index (χ1v) is 6.74. The maximum atomic E-state index is 6.05. The fourth-order valence-corrected chi connectivity index (χ4v) is 2.26. The molecule has 2 nitrogen and oxygen atoms in total. The second-order valence-electron chi connectivity index (χ2n) is 3.85. The van der Waals surface area contributed by atoms with Crippen molar-refractivity contribution in [2.45, 2.75) is 6.54 Å². The van der Waals surface area contributed by atoms with Gasteiger partial charge in [-0.1, -0.05) is 53.0 Å². The number of halogens is 3. The van der Waals surface area contributed by atoms with Crippen LogP contribution in [0.1, 0.15) is 11.1 Å². The van der Waals surface area contributed by atoms with Crippen molar-refractivity contribution in [3.63, 3.8) is 0 Å². The van der Waals surface area contributed by atoms with E-state index in [9.17, 15) is 0 Å². The van der Waals surface area contributed by atoms with E-state index >= 15 is 0 Å². The Morgan fingerprint density at radius 3 is 2.37 bits per heavy atom. The predicted molar refractivity (Wildman–Crippen MR) is 82.3 cm³/mol. The van der Waals surface area contributed by atoms with Crippen molar-refractivity contribution in [1.82, 2.24) is 5.43 Å². The third kappa shape index (κ3) is 4.13. The predicted octanol–water partition coefficient (Wildman–Crippen LogP) is 4.77. The monoisotopic (exact) mass is 312 g/mol.